The number of hydrogen-bond acceptors (Lipinski definition) is 10. The van der Waals surface area contributed by atoms with Crippen molar-refractivity contribution in [2.24, 2.45) is 0 Å². The standard InChI is InChI=1S/C38H19N3O2.C38H21N3O.C38H21N3S/c1-2-8-20(9-3-1)37-23-10-4-5-13-24(23)39-38(40-37)41-25-16-18-29-35-31-21(11-6-14-27(31)42-29)22-12-7-15-28-32(22)36-30(43-28)19-17-26(41)34(36)33(25)35;1-2-10-22(11-3-1)37-27-12-4-5-17-28(27)39-38(40-37)41-29-18-6-13-23-25-15-8-20-31-35(25)36-26(16-9-21-32(36)42-31)24-14-7-19-30(41)34(24)33(23)29;1-2-10-22(11-3-1)37-27-14-6-7-17-28(27)39-38(40-37)41-29-18-8-15-25-23-12-4-5-13-24(23)26-16-9-19-31-34(26)36-32(42-31)21-20-30(41)35(36)33(25)29/h1-19H;2*1-21H. The molecular weight excluding hydrogens is 1580 g/mol. The maximum absolute atomic E-state index is 6.51. The van der Waals surface area contributed by atoms with Gasteiger partial charge >= 0.3 is 0 Å². The summed E-state index contributed by atoms with van der Waals surface area (Å²) >= 11 is 1.88. The Morgan fingerprint density at radius 1 is 0.165 bits per heavy atom. The van der Waals surface area contributed by atoms with Crippen molar-refractivity contribution in [3.63, 3.8) is 0 Å². The Bertz CT molecular complexity index is 9820. The number of aromatic nitrogens is 9. The van der Waals surface area contributed by atoms with Gasteiger partial charge in [0.1, 0.15) is 33.5 Å². The maximum atomic E-state index is 6.51. The SMILES string of the molecule is c1ccc(-c2nc(-n3c4ccc5oc6cccc7c8cccc9oc%10ccc3c(c%10c98)c4c5c67)nc3ccccc23)cc1.c1ccc(-c2nc(-n3c4cccc5c6cccc7oc8cccc(c9cccc3c9c54)c8c76)nc3ccccc23)cc1.c1ccc(-c2nc(-n3c4cccc5c6ccccc6c6cccc7sc8ccc3c(c8c76)c54)nc3ccccc23)cc1. The third-order valence-corrected chi connectivity index (χ3v) is 27.8. The molecule has 21 aromatic carbocycles. The van der Waals surface area contributed by atoms with Gasteiger partial charge in [-0.3, -0.25) is 13.7 Å². The van der Waals surface area contributed by atoms with E-state index >= 15 is 0 Å². The molecule has 0 aliphatic rings. The number of furan rings is 3. The van der Waals surface area contributed by atoms with Gasteiger partial charge in [-0.15, -0.1) is 11.3 Å². The summed E-state index contributed by atoms with van der Waals surface area (Å²) in [6, 6.07) is 130. The Hall–Kier alpha value is -17.0. The summed E-state index contributed by atoms with van der Waals surface area (Å²) in [5.41, 5.74) is 20.6. The first-order valence-corrected chi connectivity index (χ1v) is 43.6. The molecule has 10 aromatic heterocycles. The lowest BCUT2D eigenvalue weighted by molar-refractivity contribution is 0.669. The average Bonchev–Trinajstić information content (AvgIpc) is 1.53. The fraction of sp³-hybridized carbons (Fsp3) is 0. The van der Waals surface area contributed by atoms with E-state index < -0.39 is 0 Å². The van der Waals surface area contributed by atoms with Crippen LogP contribution in [0.3, 0.4) is 0 Å². The predicted octanol–water partition coefficient (Wildman–Crippen LogP) is 30.8. The van der Waals surface area contributed by atoms with Gasteiger partial charge in [0.25, 0.3) is 0 Å². The van der Waals surface area contributed by atoms with Crippen LogP contribution in [0.25, 0.3) is 290 Å². The van der Waals surface area contributed by atoms with Crippen LogP contribution < -0.4 is 0 Å². The van der Waals surface area contributed by atoms with E-state index in [0.717, 1.165) is 176 Å². The van der Waals surface area contributed by atoms with Crippen LogP contribution in [0.2, 0.25) is 0 Å². The molecule has 0 saturated heterocycles. The molecule has 0 N–H and O–H groups in total. The minimum Gasteiger partial charge on any atom is -0.456 e. The third kappa shape index (κ3) is 9.52. The molecule has 12 nitrogen and oxygen atoms in total. The highest BCUT2D eigenvalue weighted by molar-refractivity contribution is 7.26. The van der Waals surface area contributed by atoms with Gasteiger partial charge in [0.2, 0.25) is 17.8 Å². The molecule has 0 unspecified atom stereocenters. The van der Waals surface area contributed by atoms with Crippen LogP contribution in [0.15, 0.2) is 383 Å². The van der Waals surface area contributed by atoms with E-state index in [4.69, 9.17) is 43.2 Å². The van der Waals surface area contributed by atoms with Crippen molar-refractivity contribution in [3.05, 3.63) is 370 Å². The molecule has 31 aromatic rings. The Kier molecular flexibility index (Phi) is 13.9. The van der Waals surface area contributed by atoms with Gasteiger partial charge in [0, 0.05) is 118 Å². The van der Waals surface area contributed by atoms with Gasteiger partial charge in [0.05, 0.1) is 66.7 Å². The highest BCUT2D eigenvalue weighted by Crippen LogP contribution is 2.54. The Labute approximate surface area is 722 Å². The van der Waals surface area contributed by atoms with Crippen LogP contribution in [-0.4, -0.2) is 43.6 Å². The lowest BCUT2D eigenvalue weighted by Gasteiger charge is -2.11. The number of para-hydroxylation sites is 3. The summed E-state index contributed by atoms with van der Waals surface area (Å²) in [6.07, 6.45) is 0. The number of benzene rings is 18. The summed E-state index contributed by atoms with van der Waals surface area (Å²) < 4.78 is 28.8. The van der Waals surface area contributed by atoms with E-state index in [0.29, 0.717) is 17.8 Å². The lowest BCUT2D eigenvalue weighted by Crippen LogP contribution is -2.03. The number of thiophene rings is 1. The first kappa shape index (κ1) is 68.6. The molecule has 127 heavy (non-hydrogen) atoms. The van der Waals surface area contributed by atoms with Crippen LogP contribution in [0, 0.1) is 0 Å². The third-order valence-electron chi connectivity index (χ3n) is 26.7. The van der Waals surface area contributed by atoms with Gasteiger partial charge < -0.3 is 13.3 Å². The molecule has 0 atom stereocenters. The van der Waals surface area contributed by atoms with Crippen LogP contribution >= 0.6 is 11.3 Å². The minimum absolute atomic E-state index is 0.636. The summed E-state index contributed by atoms with van der Waals surface area (Å²) in [6.45, 7) is 0. The molecule has 13 heteroatoms. The Balaban J connectivity index is 0.0000000946. The molecule has 0 amide bonds. The van der Waals surface area contributed by atoms with Crippen molar-refractivity contribution in [2.75, 3.05) is 0 Å². The number of nitrogens with zero attached hydrogens (tertiary/aromatic N) is 9. The van der Waals surface area contributed by atoms with Crippen LogP contribution in [0.1, 0.15) is 0 Å². The zero-order valence-electron chi connectivity index (χ0n) is 67.4. The zero-order valence-corrected chi connectivity index (χ0v) is 68.2. The Morgan fingerprint density at radius 3 is 0.811 bits per heavy atom. The molecule has 0 aliphatic carbocycles. The predicted molar refractivity (Wildman–Crippen MR) is 525 cm³/mol. The van der Waals surface area contributed by atoms with Gasteiger partial charge in [-0.25, -0.2) is 29.9 Å². The van der Waals surface area contributed by atoms with E-state index in [2.05, 4.69) is 347 Å². The molecule has 0 radical (unpaired) electrons. The van der Waals surface area contributed by atoms with E-state index in [9.17, 15) is 0 Å². The van der Waals surface area contributed by atoms with Crippen LogP contribution in [0.4, 0.5) is 0 Å². The average molecular weight is 1640 g/mol. The van der Waals surface area contributed by atoms with Crippen LogP contribution in [0.5, 0.6) is 0 Å². The van der Waals surface area contributed by atoms with E-state index in [1.165, 1.54) is 95.6 Å². The van der Waals surface area contributed by atoms with E-state index in [-0.39, 0.29) is 0 Å². The largest absolute Gasteiger partial charge is 0.456 e. The summed E-state index contributed by atoms with van der Waals surface area (Å²) in [5.74, 6) is 1.99. The monoisotopic (exact) mass is 1640 g/mol. The maximum Gasteiger partial charge on any atom is 0.235 e. The summed E-state index contributed by atoms with van der Waals surface area (Å²) in [5, 5.41) is 32.0. The normalized spacial score (nSPS) is 12.4. The lowest BCUT2D eigenvalue weighted by atomic mass is 9.95. The molecular formula is C114H61N9O3S. The van der Waals surface area contributed by atoms with Gasteiger partial charge in [-0.1, -0.05) is 267 Å². The van der Waals surface area contributed by atoms with Gasteiger partial charge in [0.15, 0.2) is 0 Å². The van der Waals surface area contributed by atoms with Gasteiger partial charge in [-0.05, 0) is 157 Å². The Morgan fingerprint density at radius 2 is 0.425 bits per heavy atom. The molecule has 0 fully saturated rings. The number of fused-ring (bicyclic) bond motifs is 9. The smallest absolute Gasteiger partial charge is 0.235 e. The molecule has 0 saturated carbocycles. The molecule has 31 rings (SSSR count). The van der Waals surface area contributed by atoms with E-state index in [1.54, 1.807) is 0 Å². The van der Waals surface area contributed by atoms with Crippen molar-refractivity contribution < 1.29 is 13.3 Å². The second-order valence-electron chi connectivity index (χ2n) is 33.2. The van der Waals surface area contributed by atoms with Crippen molar-refractivity contribution in [1.82, 2.24) is 43.6 Å². The first-order chi connectivity index (χ1) is 63.0. The second kappa shape index (κ2) is 25.8. The summed E-state index contributed by atoms with van der Waals surface area (Å²) in [7, 11) is 0. The quantitative estimate of drug-likeness (QED) is 0.160. The van der Waals surface area contributed by atoms with Crippen LogP contribution in [-0.2, 0) is 0 Å². The second-order valence-corrected chi connectivity index (χ2v) is 34.3. The molecule has 0 spiro atoms. The summed E-state index contributed by atoms with van der Waals surface area (Å²) in [4.78, 5) is 31.4. The minimum atomic E-state index is 0.636. The van der Waals surface area contributed by atoms with Gasteiger partial charge in [-0.2, -0.15) is 0 Å². The topological polar surface area (TPSA) is 132 Å². The fourth-order valence-corrected chi connectivity index (χ4v) is 22.7. The van der Waals surface area contributed by atoms with E-state index in [1.807, 2.05) is 47.7 Å². The number of hydrogen-bond donors (Lipinski definition) is 0. The van der Waals surface area contributed by atoms with Crippen molar-refractivity contribution in [1.29, 1.82) is 0 Å². The number of rotatable bonds is 6. The molecule has 586 valence electrons. The molecule has 0 aliphatic heterocycles. The highest BCUT2D eigenvalue weighted by atomic mass is 32.1. The van der Waals surface area contributed by atoms with Crippen molar-refractivity contribution in [2.45, 2.75) is 0 Å². The zero-order chi connectivity index (χ0) is 82.5. The first-order valence-electron chi connectivity index (χ1n) is 42.8. The highest BCUT2D eigenvalue weighted by Gasteiger charge is 2.31. The van der Waals surface area contributed by atoms with Crippen molar-refractivity contribution >= 4 is 249 Å². The molecule has 10 heterocycles. The van der Waals surface area contributed by atoms with Crippen molar-refractivity contribution in [3.8, 4) is 51.6 Å². The molecule has 0 bridgehead atoms. The fourth-order valence-electron chi connectivity index (χ4n) is 21.6.